The maximum Gasteiger partial charge on any atom is 0.410 e. The molecule has 1 amide bonds. The third-order valence-electron chi connectivity index (χ3n) is 3.01. The van der Waals surface area contributed by atoms with E-state index in [1.54, 1.807) is 4.90 Å². The average Bonchev–Trinajstić information content (AvgIpc) is 2.35. The fourth-order valence-corrected chi connectivity index (χ4v) is 1.94. The molecule has 0 spiro atoms. The van der Waals surface area contributed by atoms with Crippen molar-refractivity contribution in [2.45, 2.75) is 52.7 Å². The average molecular weight is 328 g/mol. The van der Waals surface area contributed by atoms with Crippen LogP contribution in [0, 0.1) is 11.6 Å². The molecule has 23 heavy (non-hydrogen) atoms. The van der Waals surface area contributed by atoms with Crippen molar-refractivity contribution in [2.75, 3.05) is 18.4 Å². The number of hydrogen-bond donors (Lipinski definition) is 1. The van der Waals surface area contributed by atoms with Crippen molar-refractivity contribution in [3.05, 3.63) is 29.8 Å². The predicted molar refractivity (Wildman–Crippen MR) is 87.5 cm³/mol. The number of carbonyl (C=O) groups excluding carboxylic acids is 1. The highest BCUT2D eigenvalue weighted by Gasteiger charge is 2.30. The van der Waals surface area contributed by atoms with Gasteiger partial charge in [-0.15, -0.1) is 0 Å². The Morgan fingerprint density at radius 2 is 1.74 bits per heavy atom. The molecule has 4 nitrogen and oxygen atoms in total. The largest absolute Gasteiger partial charge is 0.444 e. The van der Waals surface area contributed by atoms with Crippen molar-refractivity contribution in [3.63, 3.8) is 0 Å². The highest BCUT2D eigenvalue weighted by molar-refractivity contribution is 5.69. The zero-order valence-corrected chi connectivity index (χ0v) is 14.7. The van der Waals surface area contributed by atoms with E-state index in [1.165, 1.54) is 6.07 Å². The molecule has 6 heteroatoms. The topological polar surface area (TPSA) is 41.6 Å². The number of anilines is 1. The molecule has 0 saturated heterocycles. The number of hydrogen-bond acceptors (Lipinski definition) is 3. The monoisotopic (exact) mass is 328 g/mol. The lowest BCUT2D eigenvalue weighted by molar-refractivity contribution is 0.00749. The van der Waals surface area contributed by atoms with Crippen molar-refractivity contribution in [3.8, 4) is 0 Å². The van der Waals surface area contributed by atoms with Crippen LogP contribution in [-0.2, 0) is 4.74 Å². The lowest BCUT2D eigenvalue weighted by Gasteiger charge is -2.37. The summed E-state index contributed by atoms with van der Waals surface area (Å²) in [5, 5.41) is 2.98. The maximum atomic E-state index is 13.2. The van der Waals surface area contributed by atoms with Crippen LogP contribution in [0.1, 0.15) is 41.5 Å². The van der Waals surface area contributed by atoms with Gasteiger partial charge in [0.2, 0.25) is 0 Å². The van der Waals surface area contributed by atoms with Crippen LogP contribution < -0.4 is 5.32 Å². The normalized spacial score (nSPS) is 12.0. The van der Waals surface area contributed by atoms with E-state index in [-0.39, 0.29) is 0 Å². The SMILES string of the molecule is CC(C)(C)OC(=O)N(CCNc1ccc(F)c(F)c1)C(C)(C)C. The lowest BCUT2D eigenvalue weighted by atomic mass is 10.1. The molecular formula is C17H26F2N2O2. The Hall–Kier alpha value is -1.85. The molecule has 0 bridgehead atoms. The fourth-order valence-electron chi connectivity index (χ4n) is 1.94. The molecule has 0 aliphatic heterocycles. The molecule has 130 valence electrons. The standard InChI is InChI=1S/C17H26F2N2O2/c1-16(2,3)21(15(22)23-17(4,5)6)10-9-20-12-7-8-13(18)14(19)11-12/h7-8,11,20H,9-10H2,1-6H3. The smallest absolute Gasteiger partial charge is 0.410 e. The number of rotatable bonds is 4. The van der Waals surface area contributed by atoms with Gasteiger partial charge >= 0.3 is 6.09 Å². The number of nitrogens with zero attached hydrogens (tertiary/aromatic N) is 1. The quantitative estimate of drug-likeness (QED) is 0.890. The van der Waals surface area contributed by atoms with E-state index in [0.29, 0.717) is 18.8 Å². The Labute approximate surface area is 136 Å². The van der Waals surface area contributed by atoms with Gasteiger partial charge < -0.3 is 15.0 Å². The third kappa shape index (κ3) is 6.42. The Kier molecular flexibility index (Phi) is 5.97. The Morgan fingerprint density at radius 1 is 1.13 bits per heavy atom. The predicted octanol–water partition coefficient (Wildman–Crippen LogP) is 4.41. The van der Waals surface area contributed by atoms with Crippen LogP contribution in [0.15, 0.2) is 18.2 Å². The van der Waals surface area contributed by atoms with E-state index < -0.39 is 28.9 Å². The first-order chi connectivity index (χ1) is 10.4. The van der Waals surface area contributed by atoms with Crippen LogP contribution in [0.4, 0.5) is 19.3 Å². The molecule has 1 aromatic rings. The number of nitrogens with one attached hydrogen (secondary N) is 1. The number of benzene rings is 1. The van der Waals surface area contributed by atoms with Crippen molar-refractivity contribution in [1.82, 2.24) is 4.90 Å². The molecule has 1 N–H and O–H groups in total. The van der Waals surface area contributed by atoms with Crippen LogP contribution in [0.2, 0.25) is 0 Å². The Bertz CT molecular complexity index is 549. The number of ether oxygens (including phenoxy) is 1. The van der Waals surface area contributed by atoms with Gasteiger partial charge in [0.25, 0.3) is 0 Å². The second-order valence-electron chi connectivity index (χ2n) is 7.36. The first-order valence-electron chi connectivity index (χ1n) is 7.60. The fraction of sp³-hybridized carbons (Fsp3) is 0.588. The Balaban J connectivity index is 2.68. The van der Waals surface area contributed by atoms with Crippen LogP contribution in [0.3, 0.4) is 0 Å². The molecule has 0 aliphatic carbocycles. The third-order valence-corrected chi connectivity index (χ3v) is 3.01. The molecule has 1 aromatic carbocycles. The van der Waals surface area contributed by atoms with Crippen LogP contribution in [0.5, 0.6) is 0 Å². The zero-order valence-electron chi connectivity index (χ0n) is 14.7. The van der Waals surface area contributed by atoms with E-state index >= 15 is 0 Å². The summed E-state index contributed by atoms with van der Waals surface area (Å²) < 4.78 is 31.5. The molecule has 0 radical (unpaired) electrons. The van der Waals surface area contributed by atoms with E-state index in [2.05, 4.69) is 5.32 Å². The first-order valence-corrected chi connectivity index (χ1v) is 7.60. The minimum Gasteiger partial charge on any atom is -0.444 e. The van der Waals surface area contributed by atoms with Gasteiger partial charge in [-0.05, 0) is 59.7 Å². The molecule has 0 fully saturated rings. The van der Waals surface area contributed by atoms with Gasteiger partial charge in [-0.25, -0.2) is 13.6 Å². The molecule has 1 rings (SSSR count). The maximum absolute atomic E-state index is 13.2. The minimum absolute atomic E-state index is 0.372. The molecule has 0 atom stereocenters. The van der Waals surface area contributed by atoms with Gasteiger partial charge in [-0.2, -0.15) is 0 Å². The van der Waals surface area contributed by atoms with Crippen LogP contribution in [0.25, 0.3) is 0 Å². The molecule has 0 aliphatic rings. The van der Waals surface area contributed by atoms with Crippen molar-refractivity contribution in [1.29, 1.82) is 0 Å². The van der Waals surface area contributed by atoms with Crippen molar-refractivity contribution in [2.24, 2.45) is 0 Å². The highest BCUT2D eigenvalue weighted by atomic mass is 19.2. The molecule has 0 heterocycles. The first kappa shape index (κ1) is 19.2. The van der Waals surface area contributed by atoms with E-state index in [0.717, 1.165) is 12.1 Å². The molecule has 0 aromatic heterocycles. The van der Waals surface area contributed by atoms with Gasteiger partial charge in [-0.3, -0.25) is 0 Å². The van der Waals surface area contributed by atoms with Crippen LogP contribution in [-0.4, -0.2) is 35.2 Å². The summed E-state index contributed by atoms with van der Waals surface area (Å²) in [5.74, 6) is -1.80. The van der Waals surface area contributed by atoms with Gasteiger partial charge in [-0.1, -0.05) is 0 Å². The van der Waals surface area contributed by atoms with Gasteiger partial charge in [0.15, 0.2) is 11.6 Å². The van der Waals surface area contributed by atoms with Gasteiger partial charge in [0, 0.05) is 24.3 Å². The zero-order chi connectivity index (χ0) is 17.8. The van der Waals surface area contributed by atoms with E-state index in [9.17, 15) is 13.6 Å². The van der Waals surface area contributed by atoms with Gasteiger partial charge in [0.05, 0.1) is 0 Å². The summed E-state index contributed by atoms with van der Waals surface area (Å²) >= 11 is 0. The minimum atomic E-state index is -0.908. The summed E-state index contributed by atoms with van der Waals surface area (Å²) in [6.45, 7) is 11.9. The summed E-state index contributed by atoms with van der Waals surface area (Å²) in [4.78, 5) is 13.9. The summed E-state index contributed by atoms with van der Waals surface area (Å²) in [7, 11) is 0. The number of halogens is 2. The molecule has 0 unspecified atom stereocenters. The summed E-state index contributed by atoms with van der Waals surface area (Å²) in [6.07, 6.45) is -0.405. The summed E-state index contributed by atoms with van der Waals surface area (Å²) in [6, 6.07) is 3.60. The second-order valence-corrected chi connectivity index (χ2v) is 7.36. The van der Waals surface area contributed by atoms with Gasteiger partial charge in [0.1, 0.15) is 5.60 Å². The Morgan fingerprint density at radius 3 is 2.22 bits per heavy atom. The van der Waals surface area contributed by atoms with E-state index in [4.69, 9.17) is 4.74 Å². The van der Waals surface area contributed by atoms with Crippen LogP contribution >= 0.6 is 0 Å². The van der Waals surface area contributed by atoms with E-state index in [1.807, 2.05) is 41.5 Å². The number of carbonyl (C=O) groups is 1. The number of amides is 1. The van der Waals surface area contributed by atoms with Crippen molar-refractivity contribution >= 4 is 11.8 Å². The lowest BCUT2D eigenvalue weighted by Crippen LogP contribution is -2.49. The second kappa shape index (κ2) is 7.15. The van der Waals surface area contributed by atoms with Crippen molar-refractivity contribution < 1.29 is 18.3 Å². The highest BCUT2D eigenvalue weighted by Crippen LogP contribution is 2.19. The molecular weight excluding hydrogens is 302 g/mol. The summed E-state index contributed by atoms with van der Waals surface area (Å²) in [5.41, 5.74) is -0.534. The molecule has 0 saturated carbocycles.